The lowest BCUT2D eigenvalue weighted by Gasteiger charge is -2.29. The van der Waals surface area contributed by atoms with Gasteiger partial charge in [-0.25, -0.2) is 15.0 Å². The fourth-order valence-corrected chi connectivity index (χ4v) is 3.59. The van der Waals surface area contributed by atoms with E-state index in [1.807, 2.05) is 6.20 Å². The standard InChI is InChI=1S/C18H21N5/c1-13-4-3-5-15-17(13)20-12-21-18(15)22(2)10-14-6-7-16-19-8-9-23(16)11-14/h3-5,8-9,12,14H,6-7,10-11H2,1-2H3/t14-/m1/s1. The van der Waals surface area contributed by atoms with Gasteiger partial charge in [-0.2, -0.15) is 0 Å². The largest absolute Gasteiger partial charge is 0.359 e. The monoisotopic (exact) mass is 307 g/mol. The fourth-order valence-electron chi connectivity index (χ4n) is 3.59. The smallest absolute Gasteiger partial charge is 0.139 e. The van der Waals surface area contributed by atoms with Crippen LogP contribution in [0.25, 0.3) is 10.9 Å². The van der Waals surface area contributed by atoms with Crippen molar-refractivity contribution >= 4 is 16.7 Å². The zero-order chi connectivity index (χ0) is 15.8. The van der Waals surface area contributed by atoms with Gasteiger partial charge in [0.05, 0.1) is 5.52 Å². The number of benzene rings is 1. The molecule has 1 atom stereocenters. The molecule has 1 aromatic carbocycles. The van der Waals surface area contributed by atoms with E-state index < -0.39 is 0 Å². The Bertz CT molecular complexity index is 838. The maximum absolute atomic E-state index is 4.54. The van der Waals surface area contributed by atoms with Crippen LogP contribution in [0.3, 0.4) is 0 Å². The van der Waals surface area contributed by atoms with Gasteiger partial charge >= 0.3 is 0 Å². The highest BCUT2D eigenvalue weighted by Crippen LogP contribution is 2.26. The lowest BCUT2D eigenvalue weighted by Crippen LogP contribution is -2.32. The van der Waals surface area contributed by atoms with Crippen LogP contribution in [0.4, 0.5) is 5.82 Å². The summed E-state index contributed by atoms with van der Waals surface area (Å²) in [6, 6.07) is 6.29. The molecule has 5 heteroatoms. The number of imidazole rings is 1. The molecular formula is C18H21N5. The van der Waals surface area contributed by atoms with Crippen molar-refractivity contribution in [2.24, 2.45) is 5.92 Å². The Balaban J connectivity index is 1.58. The number of rotatable bonds is 3. The molecule has 4 rings (SSSR count). The van der Waals surface area contributed by atoms with Gasteiger partial charge in [0.15, 0.2) is 0 Å². The molecule has 1 aliphatic rings. The summed E-state index contributed by atoms with van der Waals surface area (Å²) in [5, 5.41) is 1.13. The van der Waals surface area contributed by atoms with Crippen LogP contribution in [0.2, 0.25) is 0 Å². The van der Waals surface area contributed by atoms with Crippen molar-refractivity contribution in [3.63, 3.8) is 0 Å². The third kappa shape index (κ3) is 2.56. The second-order valence-corrected chi connectivity index (χ2v) is 6.45. The van der Waals surface area contributed by atoms with E-state index in [4.69, 9.17) is 0 Å². The Morgan fingerprint density at radius 2 is 2.17 bits per heavy atom. The maximum atomic E-state index is 4.54. The predicted molar refractivity (Wildman–Crippen MR) is 91.6 cm³/mol. The van der Waals surface area contributed by atoms with E-state index in [1.165, 1.54) is 17.8 Å². The van der Waals surface area contributed by atoms with Crippen LogP contribution in [0.1, 0.15) is 17.8 Å². The van der Waals surface area contributed by atoms with Crippen LogP contribution in [-0.4, -0.2) is 33.1 Å². The summed E-state index contributed by atoms with van der Waals surface area (Å²) in [7, 11) is 2.13. The van der Waals surface area contributed by atoms with Gasteiger partial charge in [-0.15, -0.1) is 0 Å². The molecule has 0 amide bonds. The minimum atomic E-state index is 0.622. The quantitative estimate of drug-likeness (QED) is 0.746. The third-order valence-electron chi connectivity index (χ3n) is 4.77. The number of aromatic nitrogens is 4. The van der Waals surface area contributed by atoms with E-state index >= 15 is 0 Å². The van der Waals surface area contributed by atoms with Gasteiger partial charge in [-0.05, 0) is 30.9 Å². The topological polar surface area (TPSA) is 46.8 Å². The second-order valence-electron chi connectivity index (χ2n) is 6.45. The first-order valence-electron chi connectivity index (χ1n) is 8.14. The zero-order valence-electron chi connectivity index (χ0n) is 13.6. The SMILES string of the molecule is Cc1cccc2c(N(C)C[C@H]3CCc4nccn4C3)ncnc12. The molecular weight excluding hydrogens is 286 g/mol. The Hall–Kier alpha value is -2.43. The number of para-hydroxylation sites is 1. The van der Waals surface area contributed by atoms with Crippen molar-refractivity contribution in [1.82, 2.24) is 19.5 Å². The second kappa shape index (κ2) is 5.65. The Morgan fingerprint density at radius 3 is 3.09 bits per heavy atom. The van der Waals surface area contributed by atoms with Crippen molar-refractivity contribution < 1.29 is 0 Å². The molecule has 3 heterocycles. The van der Waals surface area contributed by atoms with Crippen molar-refractivity contribution in [3.8, 4) is 0 Å². The number of hydrogen-bond acceptors (Lipinski definition) is 4. The van der Waals surface area contributed by atoms with E-state index in [2.05, 4.69) is 62.8 Å². The molecule has 3 aromatic rings. The van der Waals surface area contributed by atoms with Gasteiger partial charge in [-0.1, -0.05) is 12.1 Å². The Kier molecular flexibility index (Phi) is 3.48. The summed E-state index contributed by atoms with van der Waals surface area (Å²) in [5.74, 6) is 2.86. The van der Waals surface area contributed by atoms with Crippen molar-refractivity contribution in [2.75, 3.05) is 18.5 Å². The van der Waals surface area contributed by atoms with Crippen molar-refractivity contribution in [1.29, 1.82) is 0 Å². The summed E-state index contributed by atoms with van der Waals surface area (Å²) in [6.07, 6.45) is 7.92. The molecule has 0 fully saturated rings. The molecule has 0 unspecified atom stereocenters. The zero-order valence-corrected chi connectivity index (χ0v) is 13.6. The highest BCUT2D eigenvalue weighted by atomic mass is 15.2. The van der Waals surface area contributed by atoms with Crippen LogP contribution >= 0.6 is 0 Å². The van der Waals surface area contributed by atoms with Crippen LogP contribution in [-0.2, 0) is 13.0 Å². The molecule has 0 radical (unpaired) electrons. The van der Waals surface area contributed by atoms with Crippen molar-refractivity contribution in [3.05, 3.63) is 48.3 Å². The molecule has 0 bridgehead atoms. The number of fused-ring (bicyclic) bond motifs is 2. The summed E-state index contributed by atoms with van der Waals surface area (Å²) in [5.41, 5.74) is 2.24. The minimum Gasteiger partial charge on any atom is -0.359 e. The van der Waals surface area contributed by atoms with Crippen LogP contribution in [0.15, 0.2) is 36.9 Å². The summed E-state index contributed by atoms with van der Waals surface area (Å²) >= 11 is 0. The molecule has 2 aromatic heterocycles. The van der Waals surface area contributed by atoms with Gasteiger partial charge in [0.2, 0.25) is 0 Å². The van der Waals surface area contributed by atoms with E-state index in [1.54, 1.807) is 6.33 Å². The first-order chi connectivity index (χ1) is 11.2. The van der Waals surface area contributed by atoms with E-state index in [0.29, 0.717) is 5.92 Å². The van der Waals surface area contributed by atoms with Gasteiger partial charge < -0.3 is 9.47 Å². The fraction of sp³-hybridized carbons (Fsp3) is 0.389. The summed E-state index contributed by atoms with van der Waals surface area (Å²) < 4.78 is 2.28. The maximum Gasteiger partial charge on any atom is 0.139 e. The average Bonchev–Trinajstić information content (AvgIpc) is 3.02. The van der Waals surface area contributed by atoms with Crippen molar-refractivity contribution in [2.45, 2.75) is 26.3 Å². The molecule has 5 nitrogen and oxygen atoms in total. The number of nitrogens with zero attached hydrogens (tertiary/aromatic N) is 5. The highest BCUT2D eigenvalue weighted by Gasteiger charge is 2.21. The third-order valence-corrected chi connectivity index (χ3v) is 4.77. The summed E-state index contributed by atoms with van der Waals surface area (Å²) in [4.78, 5) is 15.7. The van der Waals surface area contributed by atoms with E-state index in [-0.39, 0.29) is 0 Å². The Morgan fingerprint density at radius 1 is 1.26 bits per heavy atom. The lowest BCUT2D eigenvalue weighted by molar-refractivity contribution is 0.368. The normalized spacial score (nSPS) is 17.2. The lowest BCUT2D eigenvalue weighted by atomic mass is 9.99. The average molecular weight is 307 g/mol. The predicted octanol–water partition coefficient (Wildman–Crippen LogP) is 2.83. The number of hydrogen-bond donors (Lipinski definition) is 0. The molecule has 0 spiro atoms. The van der Waals surface area contributed by atoms with E-state index in [0.717, 1.165) is 36.2 Å². The first-order valence-corrected chi connectivity index (χ1v) is 8.14. The molecule has 0 aliphatic carbocycles. The van der Waals surface area contributed by atoms with E-state index in [9.17, 15) is 0 Å². The molecule has 0 saturated carbocycles. The first kappa shape index (κ1) is 14.2. The Labute approximate surface area is 136 Å². The van der Waals surface area contributed by atoms with Gasteiger partial charge in [0, 0.05) is 44.3 Å². The van der Waals surface area contributed by atoms with Gasteiger partial charge in [0.25, 0.3) is 0 Å². The number of anilines is 1. The molecule has 0 saturated heterocycles. The molecule has 118 valence electrons. The van der Waals surface area contributed by atoms with Crippen LogP contribution in [0.5, 0.6) is 0 Å². The molecule has 1 aliphatic heterocycles. The van der Waals surface area contributed by atoms with Crippen LogP contribution < -0.4 is 4.90 Å². The van der Waals surface area contributed by atoms with Gasteiger partial charge in [0.1, 0.15) is 18.0 Å². The summed E-state index contributed by atoms with van der Waals surface area (Å²) in [6.45, 7) is 4.14. The highest BCUT2D eigenvalue weighted by molar-refractivity contribution is 5.91. The van der Waals surface area contributed by atoms with Gasteiger partial charge in [-0.3, -0.25) is 0 Å². The molecule has 0 N–H and O–H groups in total. The molecule has 23 heavy (non-hydrogen) atoms. The minimum absolute atomic E-state index is 0.622. The van der Waals surface area contributed by atoms with Crippen LogP contribution in [0, 0.1) is 12.8 Å². The number of aryl methyl sites for hydroxylation is 2.